The van der Waals surface area contributed by atoms with E-state index >= 15 is 0 Å². The van der Waals surface area contributed by atoms with Crippen LogP contribution in [0.5, 0.6) is 0 Å². The molecular weight excluding hydrogens is 330 g/mol. The van der Waals surface area contributed by atoms with Gasteiger partial charge in [0.15, 0.2) is 5.76 Å². The highest BCUT2D eigenvalue weighted by Gasteiger charge is 2.26. The molecule has 7 heteroatoms. The summed E-state index contributed by atoms with van der Waals surface area (Å²) in [5.41, 5.74) is 1.64. The van der Waals surface area contributed by atoms with Crippen molar-refractivity contribution in [1.29, 1.82) is 0 Å². The first-order chi connectivity index (χ1) is 11.5. The van der Waals surface area contributed by atoms with Crippen molar-refractivity contribution >= 4 is 29.2 Å². The molecule has 0 bridgehead atoms. The molecule has 3 amide bonds. The van der Waals surface area contributed by atoms with Crippen LogP contribution < -0.4 is 5.32 Å². The predicted octanol–water partition coefficient (Wildman–Crippen LogP) is 3.23. The van der Waals surface area contributed by atoms with Crippen molar-refractivity contribution in [3.63, 3.8) is 0 Å². The molecule has 1 aliphatic rings. The number of anilines is 1. The Morgan fingerprint density at radius 2 is 1.83 bits per heavy atom. The number of piperazine rings is 1. The number of carbonyl (C=O) groups is 2. The molecule has 1 fully saturated rings. The Kier molecular flexibility index (Phi) is 4.76. The SMILES string of the molecule is Cc1ccc(Cl)cc1NC(=O)N1CCN(C(=O)c2ccco2)CC1. The number of halogens is 1. The van der Waals surface area contributed by atoms with Crippen molar-refractivity contribution in [3.05, 3.63) is 52.9 Å². The first-order valence-electron chi connectivity index (χ1n) is 7.69. The van der Waals surface area contributed by atoms with E-state index in [2.05, 4.69) is 5.32 Å². The van der Waals surface area contributed by atoms with Crippen LogP contribution in [-0.4, -0.2) is 47.9 Å². The first kappa shape index (κ1) is 16.4. The zero-order chi connectivity index (χ0) is 17.1. The summed E-state index contributed by atoms with van der Waals surface area (Å²) in [6.45, 7) is 3.80. The van der Waals surface area contributed by atoms with Crippen molar-refractivity contribution in [2.75, 3.05) is 31.5 Å². The smallest absolute Gasteiger partial charge is 0.321 e. The third-order valence-corrected chi connectivity index (χ3v) is 4.26. The van der Waals surface area contributed by atoms with E-state index in [-0.39, 0.29) is 11.9 Å². The van der Waals surface area contributed by atoms with E-state index in [1.165, 1.54) is 6.26 Å². The predicted molar refractivity (Wildman–Crippen MR) is 91.4 cm³/mol. The second kappa shape index (κ2) is 6.97. The molecule has 0 aliphatic carbocycles. The standard InChI is InChI=1S/C17H18ClN3O3/c1-12-4-5-13(18)11-14(12)19-17(23)21-8-6-20(7-9-21)16(22)15-3-2-10-24-15/h2-5,10-11H,6-9H2,1H3,(H,19,23). The van der Waals surface area contributed by atoms with Crippen LogP contribution in [-0.2, 0) is 0 Å². The van der Waals surface area contributed by atoms with Crippen LogP contribution in [0.4, 0.5) is 10.5 Å². The Morgan fingerprint density at radius 3 is 2.50 bits per heavy atom. The average molecular weight is 348 g/mol. The van der Waals surface area contributed by atoms with E-state index in [1.54, 1.807) is 34.1 Å². The molecule has 1 N–H and O–H groups in total. The van der Waals surface area contributed by atoms with Crippen LogP contribution in [0.3, 0.4) is 0 Å². The van der Waals surface area contributed by atoms with E-state index < -0.39 is 0 Å². The Morgan fingerprint density at radius 1 is 1.12 bits per heavy atom. The van der Waals surface area contributed by atoms with Gasteiger partial charge >= 0.3 is 6.03 Å². The van der Waals surface area contributed by atoms with Gasteiger partial charge in [0.25, 0.3) is 5.91 Å². The molecule has 2 aromatic rings. The van der Waals surface area contributed by atoms with Gasteiger partial charge in [0.05, 0.1) is 6.26 Å². The molecule has 24 heavy (non-hydrogen) atoms. The number of nitrogens with zero attached hydrogens (tertiary/aromatic N) is 2. The number of carbonyl (C=O) groups excluding carboxylic acids is 2. The normalized spacial score (nSPS) is 14.6. The van der Waals surface area contributed by atoms with E-state index in [9.17, 15) is 9.59 Å². The number of benzene rings is 1. The molecule has 0 atom stereocenters. The molecule has 126 valence electrons. The average Bonchev–Trinajstić information content (AvgIpc) is 3.12. The summed E-state index contributed by atoms with van der Waals surface area (Å²) in [5, 5.41) is 3.45. The minimum atomic E-state index is -0.189. The van der Waals surface area contributed by atoms with E-state index in [4.69, 9.17) is 16.0 Å². The molecule has 1 saturated heterocycles. The van der Waals surface area contributed by atoms with Gasteiger partial charge < -0.3 is 19.5 Å². The number of furan rings is 1. The van der Waals surface area contributed by atoms with Crippen molar-refractivity contribution in [3.8, 4) is 0 Å². The van der Waals surface area contributed by atoms with Gasteiger partial charge in [0.2, 0.25) is 0 Å². The molecule has 0 radical (unpaired) electrons. The third kappa shape index (κ3) is 3.54. The molecule has 1 aromatic heterocycles. The Balaban J connectivity index is 1.57. The summed E-state index contributed by atoms with van der Waals surface area (Å²) >= 11 is 5.97. The largest absolute Gasteiger partial charge is 0.459 e. The fourth-order valence-corrected chi connectivity index (χ4v) is 2.76. The number of hydrogen-bond acceptors (Lipinski definition) is 3. The topological polar surface area (TPSA) is 65.8 Å². The lowest BCUT2D eigenvalue weighted by molar-refractivity contribution is 0.0640. The van der Waals surface area contributed by atoms with Gasteiger partial charge in [-0.3, -0.25) is 4.79 Å². The Bertz CT molecular complexity index is 738. The monoisotopic (exact) mass is 347 g/mol. The first-order valence-corrected chi connectivity index (χ1v) is 8.07. The third-order valence-electron chi connectivity index (χ3n) is 4.03. The molecule has 6 nitrogen and oxygen atoms in total. The van der Waals surface area contributed by atoms with Crippen LogP contribution in [0.2, 0.25) is 5.02 Å². The van der Waals surface area contributed by atoms with Gasteiger partial charge in [-0.25, -0.2) is 4.79 Å². The lowest BCUT2D eigenvalue weighted by Crippen LogP contribution is -2.51. The van der Waals surface area contributed by atoms with E-state index in [1.807, 2.05) is 13.0 Å². The summed E-state index contributed by atoms with van der Waals surface area (Å²) in [5.74, 6) is 0.174. The highest BCUT2D eigenvalue weighted by atomic mass is 35.5. The number of rotatable bonds is 2. The van der Waals surface area contributed by atoms with Crippen molar-refractivity contribution in [2.45, 2.75) is 6.92 Å². The number of urea groups is 1. The van der Waals surface area contributed by atoms with Crippen LogP contribution in [0.15, 0.2) is 41.0 Å². The highest BCUT2D eigenvalue weighted by molar-refractivity contribution is 6.31. The molecule has 0 unspecified atom stereocenters. The van der Waals surface area contributed by atoms with Gasteiger partial charge in [-0.05, 0) is 36.8 Å². The second-order valence-electron chi connectivity index (χ2n) is 5.65. The molecule has 2 heterocycles. The fourth-order valence-electron chi connectivity index (χ4n) is 2.59. The summed E-state index contributed by atoms with van der Waals surface area (Å²) < 4.78 is 5.13. The minimum Gasteiger partial charge on any atom is -0.459 e. The van der Waals surface area contributed by atoms with E-state index in [0.717, 1.165) is 5.56 Å². The van der Waals surface area contributed by atoms with Gasteiger partial charge in [0.1, 0.15) is 0 Å². The second-order valence-corrected chi connectivity index (χ2v) is 6.08. The van der Waals surface area contributed by atoms with Crippen molar-refractivity contribution in [2.24, 2.45) is 0 Å². The lowest BCUT2D eigenvalue weighted by atomic mass is 10.2. The minimum absolute atomic E-state index is 0.147. The highest BCUT2D eigenvalue weighted by Crippen LogP contribution is 2.21. The quantitative estimate of drug-likeness (QED) is 0.907. The fraction of sp³-hybridized carbons (Fsp3) is 0.294. The Hall–Kier alpha value is -2.47. The van der Waals surface area contributed by atoms with Gasteiger partial charge in [-0.1, -0.05) is 17.7 Å². The summed E-state index contributed by atoms with van der Waals surface area (Å²) in [7, 11) is 0. The lowest BCUT2D eigenvalue weighted by Gasteiger charge is -2.34. The maximum absolute atomic E-state index is 12.4. The van der Waals surface area contributed by atoms with Crippen LogP contribution in [0.1, 0.15) is 16.1 Å². The summed E-state index contributed by atoms with van der Waals surface area (Å²) in [6.07, 6.45) is 1.48. The van der Waals surface area contributed by atoms with Crippen molar-refractivity contribution < 1.29 is 14.0 Å². The van der Waals surface area contributed by atoms with Gasteiger partial charge in [-0.15, -0.1) is 0 Å². The number of hydrogen-bond donors (Lipinski definition) is 1. The summed E-state index contributed by atoms with van der Waals surface area (Å²) in [6, 6.07) is 8.51. The van der Waals surface area contributed by atoms with Crippen molar-refractivity contribution in [1.82, 2.24) is 9.80 Å². The molecule has 0 spiro atoms. The molecule has 1 aromatic carbocycles. The number of aryl methyl sites for hydroxylation is 1. The van der Waals surface area contributed by atoms with Gasteiger partial charge in [0, 0.05) is 36.9 Å². The maximum Gasteiger partial charge on any atom is 0.321 e. The molecular formula is C17H18ClN3O3. The molecule has 3 rings (SSSR count). The van der Waals surface area contributed by atoms with Crippen LogP contribution in [0, 0.1) is 6.92 Å². The van der Waals surface area contributed by atoms with Crippen LogP contribution in [0.25, 0.3) is 0 Å². The Labute approximate surface area is 145 Å². The van der Waals surface area contributed by atoms with Crippen LogP contribution >= 0.6 is 11.6 Å². The number of amides is 3. The van der Waals surface area contributed by atoms with E-state index in [0.29, 0.717) is 42.6 Å². The molecule has 1 aliphatic heterocycles. The van der Waals surface area contributed by atoms with Gasteiger partial charge in [-0.2, -0.15) is 0 Å². The maximum atomic E-state index is 12.4. The zero-order valence-corrected chi connectivity index (χ0v) is 14.0. The zero-order valence-electron chi connectivity index (χ0n) is 13.3. The summed E-state index contributed by atoms with van der Waals surface area (Å²) in [4.78, 5) is 28.0. The molecule has 0 saturated carbocycles. The number of nitrogens with one attached hydrogen (secondary N) is 1.